The van der Waals surface area contributed by atoms with Crippen molar-refractivity contribution in [2.45, 2.75) is 32.8 Å². The number of halogens is 1. The average Bonchev–Trinajstić information content (AvgIpc) is 2.20. The Kier molecular flexibility index (Phi) is 4.74. The van der Waals surface area contributed by atoms with Crippen LogP contribution in [0.25, 0.3) is 0 Å². The summed E-state index contributed by atoms with van der Waals surface area (Å²) in [5.41, 5.74) is 0.989. The van der Waals surface area contributed by atoms with Crippen LogP contribution in [0.1, 0.15) is 32.3 Å². The zero-order chi connectivity index (χ0) is 12.1. The summed E-state index contributed by atoms with van der Waals surface area (Å²) in [6, 6.07) is 5.18. The van der Waals surface area contributed by atoms with Crippen LogP contribution in [0, 0.1) is 5.82 Å². The summed E-state index contributed by atoms with van der Waals surface area (Å²) in [6.07, 6.45) is -0.00455. The van der Waals surface area contributed by atoms with Gasteiger partial charge in [0.15, 0.2) is 11.6 Å². The first-order valence-corrected chi connectivity index (χ1v) is 5.65. The van der Waals surface area contributed by atoms with E-state index in [4.69, 9.17) is 4.74 Å². The second kappa shape index (κ2) is 5.85. The Hall–Kier alpha value is -1.09. The van der Waals surface area contributed by atoms with E-state index in [1.807, 2.05) is 27.0 Å². The third kappa shape index (κ3) is 3.49. The first-order valence-electron chi connectivity index (χ1n) is 5.65. The Morgan fingerprint density at radius 3 is 2.50 bits per heavy atom. The van der Waals surface area contributed by atoms with E-state index in [-0.39, 0.29) is 11.9 Å². The van der Waals surface area contributed by atoms with Gasteiger partial charge in [0.25, 0.3) is 0 Å². The van der Waals surface area contributed by atoms with Gasteiger partial charge in [-0.15, -0.1) is 0 Å². The number of benzene rings is 1. The van der Waals surface area contributed by atoms with Crippen LogP contribution in [-0.4, -0.2) is 19.7 Å². The molecule has 0 amide bonds. The Balaban J connectivity index is 2.82. The van der Waals surface area contributed by atoms with E-state index < -0.39 is 0 Å². The Morgan fingerprint density at radius 2 is 2.00 bits per heavy atom. The molecule has 0 fully saturated rings. The van der Waals surface area contributed by atoms with Crippen molar-refractivity contribution in [3.8, 4) is 5.75 Å². The fourth-order valence-corrected chi connectivity index (χ4v) is 1.60. The van der Waals surface area contributed by atoms with Crippen molar-refractivity contribution < 1.29 is 9.13 Å². The molecule has 0 bridgehead atoms. The van der Waals surface area contributed by atoms with Crippen LogP contribution in [0.5, 0.6) is 5.75 Å². The van der Waals surface area contributed by atoms with Crippen molar-refractivity contribution in [3.63, 3.8) is 0 Å². The molecule has 1 N–H and O–H groups in total. The molecule has 0 saturated carbocycles. The SMILES string of the molecule is CNCC(C)c1ccc(OC(C)C)c(F)c1. The minimum Gasteiger partial charge on any atom is -0.488 e. The van der Waals surface area contributed by atoms with E-state index >= 15 is 0 Å². The van der Waals surface area contributed by atoms with Gasteiger partial charge in [-0.05, 0) is 44.5 Å². The summed E-state index contributed by atoms with van der Waals surface area (Å²) in [5.74, 6) is 0.345. The zero-order valence-electron chi connectivity index (χ0n) is 10.4. The summed E-state index contributed by atoms with van der Waals surface area (Å²) in [4.78, 5) is 0. The van der Waals surface area contributed by atoms with Gasteiger partial charge < -0.3 is 10.1 Å². The standard InChI is InChI=1S/C13H20FNO/c1-9(2)16-13-6-5-11(7-12(13)14)10(3)8-15-4/h5-7,9-10,15H,8H2,1-4H3. The van der Waals surface area contributed by atoms with Crippen LogP contribution >= 0.6 is 0 Å². The maximum Gasteiger partial charge on any atom is 0.165 e. The molecule has 0 aliphatic heterocycles. The monoisotopic (exact) mass is 225 g/mol. The van der Waals surface area contributed by atoms with Crippen molar-refractivity contribution >= 4 is 0 Å². The smallest absolute Gasteiger partial charge is 0.165 e. The van der Waals surface area contributed by atoms with Crippen LogP contribution in [0.2, 0.25) is 0 Å². The van der Waals surface area contributed by atoms with Gasteiger partial charge in [-0.1, -0.05) is 13.0 Å². The molecule has 2 nitrogen and oxygen atoms in total. The molecule has 1 aromatic rings. The summed E-state index contributed by atoms with van der Waals surface area (Å²) < 4.78 is 19.0. The van der Waals surface area contributed by atoms with Gasteiger partial charge in [-0.3, -0.25) is 0 Å². The summed E-state index contributed by atoms with van der Waals surface area (Å²) in [5, 5.41) is 3.08. The normalized spacial score (nSPS) is 12.9. The summed E-state index contributed by atoms with van der Waals surface area (Å²) in [6.45, 7) is 6.67. The van der Waals surface area contributed by atoms with Crippen molar-refractivity contribution in [1.29, 1.82) is 0 Å². The van der Waals surface area contributed by atoms with Gasteiger partial charge in [-0.25, -0.2) is 4.39 Å². The number of ether oxygens (including phenoxy) is 1. The van der Waals surface area contributed by atoms with Crippen molar-refractivity contribution in [2.24, 2.45) is 0 Å². The zero-order valence-corrected chi connectivity index (χ0v) is 10.4. The average molecular weight is 225 g/mol. The van der Waals surface area contributed by atoms with E-state index in [1.165, 1.54) is 0 Å². The lowest BCUT2D eigenvalue weighted by Gasteiger charge is -2.14. The molecule has 1 rings (SSSR count). The highest BCUT2D eigenvalue weighted by Crippen LogP contribution is 2.23. The quantitative estimate of drug-likeness (QED) is 0.832. The Bertz CT molecular complexity index is 339. The maximum atomic E-state index is 13.7. The topological polar surface area (TPSA) is 21.3 Å². The Labute approximate surface area is 96.8 Å². The van der Waals surface area contributed by atoms with Crippen LogP contribution in [0.3, 0.4) is 0 Å². The fourth-order valence-electron chi connectivity index (χ4n) is 1.60. The molecule has 0 radical (unpaired) electrons. The molecule has 0 spiro atoms. The number of hydrogen-bond donors (Lipinski definition) is 1. The number of nitrogens with one attached hydrogen (secondary N) is 1. The van der Waals surface area contributed by atoms with Gasteiger partial charge in [0.1, 0.15) is 0 Å². The predicted molar refractivity (Wildman–Crippen MR) is 64.5 cm³/mol. The number of rotatable bonds is 5. The first-order chi connectivity index (χ1) is 7.54. The van der Waals surface area contributed by atoms with Crippen LogP contribution in [0.15, 0.2) is 18.2 Å². The van der Waals surface area contributed by atoms with Crippen LogP contribution < -0.4 is 10.1 Å². The second-order valence-corrected chi connectivity index (χ2v) is 4.32. The molecule has 0 aliphatic carbocycles. The number of hydrogen-bond acceptors (Lipinski definition) is 2. The fraction of sp³-hybridized carbons (Fsp3) is 0.538. The van der Waals surface area contributed by atoms with Gasteiger partial charge in [-0.2, -0.15) is 0 Å². The molecule has 90 valence electrons. The lowest BCUT2D eigenvalue weighted by molar-refractivity contribution is 0.231. The van der Waals surface area contributed by atoms with Crippen molar-refractivity contribution in [3.05, 3.63) is 29.6 Å². The van der Waals surface area contributed by atoms with E-state index in [2.05, 4.69) is 12.2 Å². The Morgan fingerprint density at radius 1 is 1.31 bits per heavy atom. The molecule has 0 saturated heterocycles. The molecule has 1 aromatic carbocycles. The van der Waals surface area contributed by atoms with Crippen molar-refractivity contribution in [1.82, 2.24) is 5.32 Å². The maximum absolute atomic E-state index is 13.7. The third-order valence-electron chi connectivity index (χ3n) is 2.40. The van der Waals surface area contributed by atoms with Crippen LogP contribution in [0.4, 0.5) is 4.39 Å². The van der Waals surface area contributed by atoms with E-state index in [1.54, 1.807) is 12.1 Å². The highest BCUT2D eigenvalue weighted by atomic mass is 19.1. The predicted octanol–water partition coefficient (Wildman–Crippen LogP) is 2.94. The third-order valence-corrected chi connectivity index (χ3v) is 2.40. The summed E-state index contributed by atoms with van der Waals surface area (Å²) >= 11 is 0. The first kappa shape index (κ1) is 13.0. The molecule has 1 atom stereocenters. The highest BCUT2D eigenvalue weighted by Gasteiger charge is 2.10. The van der Waals surface area contributed by atoms with Gasteiger partial charge in [0, 0.05) is 6.54 Å². The molecular weight excluding hydrogens is 205 g/mol. The summed E-state index contributed by atoms with van der Waals surface area (Å²) in [7, 11) is 1.89. The molecule has 0 heterocycles. The van der Waals surface area contributed by atoms with Gasteiger partial charge in [0.2, 0.25) is 0 Å². The van der Waals surface area contributed by atoms with E-state index in [9.17, 15) is 4.39 Å². The lowest BCUT2D eigenvalue weighted by atomic mass is 10.0. The molecular formula is C13H20FNO. The molecule has 1 unspecified atom stereocenters. The minimum atomic E-state index is -0.283. The van der Waals surface area contributed by atoms with E-state index in [0.29, 0.717) is 11.7 Å². The highest BCUT2D eigenvalue weighted by molar-refractivity contribution is 5.31. The largest absolute Gasteiger partial charge is 0.488 e. The minimum absolute atomic E-state index is 0.00455. The van der Waals surface area contributed by atoms with Crippen LogP contribution in [-0.2, 0) is 0 Å². The van der Waals surface area contributed by atoms with E-state index in [0.717, 1.165) is 12.1 Å². The lowest BCUT2D eigenvalue weighted by Crippen LogP contribution is -2.15. The van der Waals surface area contributed by atoms with Gasteiger partial charge >= 0.3 is 0 Å². The molecule has 3 heteroatoms. The number of likely N-dealkylation sites (N-methyl/N-ethyl adjacent to an activating group) is 1. The molecule has 0 aliphatic rings. The second-order valence-electron chi connectivity index (χ2n) is 4.32. The molecule has 0 aromatic heterocycles. The van der Waals surface area contributed by atoms with Gasteiger partial charge in [0.05, 0.1) is 6.10 Å². The van der Waals surface area contributed by atoms with Crippen molar-refractivity contribution in [2.75, 3.05) is 13.6 Å². The molecule has 16 heavy (non-hydrogen) atoms.